The van der Waals surface area contributed by atoms with E-state index >= 15 is 0 Å². The maximum Gasteiger partial charge on any atom is 0.127 e. The lowest BCUT2D eigenvalue weighted by Gasteiger charge is -2.06. The maximum absolute atomic E-state index is 9.42. The third-order valence-corrected chi connectivity index (χ3v) is 2.00. The van der Waals surface area contributed by atoms with Crippen molar-refractivity contribution >= 4 is 21.7 Å². The highest BCUT2D eigenvalue weighted by Crippen LogP contribution is 2.27. The third-order valence-electron chi connectivity index (χ3n) is 1.51. The lowest BCUT2D eigenvalue weighted by molar-refractivity contribution is 0.367. The van der Waals surface area contributed by atoms with Crippen LogP contribution < -0.4 is 0 Å². The molecule has 0 radical (unpaired) electrons. The van der Waals surface area contributed by atoms with Crippen molar-refractivity contribution in [3.05, 3.63) is 34.8 Å². The van der Waals surface area contributed by atoms with Crippen molar-refractivity contribution in [2.24, 2.45) is 0 Å². The molecule has 3 heteroatoms. The first-order chi connectivity index (χ1) is 5.65. The first-order valence-corrected chi connectivity index (χ1v) is 4.16. The first kappa shape index (κ1) is 9.13. The highest BCUT2D eigenvalue weighted by molar-refractivity contribution is 9.10. The number of ether oxygens (including phenoxy) is 1. The van der Waals surface area contributed by atoms with Crippen LogP contribution in [-0.4, -0.2) is 12.2 Å². The Morgan fingerprint density at radius 2 is 2.25 bits per heavy atom. The molecule has 0 heterocycles. The van der Waals surface area contributed by atoms with E-state index in [4.69, 9.17) is 4.74 Å². The fourth-order valence-corrected chi connectivity index (χ4v) is 1.20. The number of hydrogen-bond acceptors (Lipinski definition) is 2. The van der Waals surface area contributed by atoms with Gasteiger partial charge in [0.25, 0.3) is 0 Å². The minimum Gasteiger partial charge on any atom is -0.507 e. The van der Waals surface area contributed by atoms with E-state index in [9.17, 15) is 5.11 Å². The lowest BCUT2D eigenvalue weighted by Crippen LogP contribution is -1.85. The number of rotatable bonds is 2. The van der Waals surface area contributed by atoms with Gasteiger partial charge in [0.1, 0.15) is 11.5 Å². The molecule has 0 aromatic heterocycles. The number of halogens is 1. The molecule has 1 rings (SSSR count). The largest absolute Gasteiger partial charge is 0.507 e. The van der Waals surface area contributed by atoms with Crippen LogP contribution in [0.5, 0.6) is 5.75 Å². The number of phenolic OH excluding ortho intramolecular Hbond substituents is 1. The molecular weight excluding hydrogens is 220 g/mol. The molecule has 0 aliphatic heterocycles. The summed E-state index contributed by atoms with van der Waals surface area (Å²) in [6.07, 6.45) is 0. The summed E-state index contributed by atoms with van der Waals surface area (Å²) in [4.78, 5) is 0. The summed E-state index contributed by atoms with van der Waals surface area (Å²) in [7, 11) is 1.52. The Kier molecular flexibility index (Phi) is 2.76. The molecule has 0 saturated carbocycles. The van der Waals surface area contributed by atoms with Crippen molar-refractivity contribution in [2.45, 2.75) is 0 Å². The minimum atomic E-state index is 0.163. The fraction of sp³-hybridized carbons (Fsp3) is 0.111. The second kappa shape index (κ2) is 3.63. The number of phenols is 1. The van der Waals surface area contributed by atoms with Crippen LogP contribution in [0.15, 0.2) is 29.3 Å². The highest BCUT2D eigenvalue weighted by Gasteiger charge is 2.04. The Hall–Kier alpha value is -0.960. The Morgan fingerprint density at radius 1 is 1.58 bits per heavy atom. The van der Waals surface area contributed by atoms with Crippen LogP contribution in [0, 0.1) is 0 Å². The van der Waals surface area contributed by atoms with Crippen LogP contribution in [0.4, 0.5) is 0 Å². The zero-order valence-corrected chi connectivity index (χ0v) is 8.26. The van der Waals surface area contributed by atoms with Gasteiger partial charge in [-0.2, -0.15) is 0 Å². The smallest absolute Gasteiger partial charge is 0.127 e. The quantitative estimate of drug-likeness (QED) is 0.790. The van der Waals surface area contributed by atoms with E-state index in [1.807, 2.05) is 6.07 Å². The third kappa shape index (κ3) is 1.80. The van der Waals surface area contributed by atoms with Crippen LogP contribution in [0.1, 0.15) is 5.56 Å². The van der Waals surface area contributed by atoms with E-state index < -0.39 is 0 Å². The lowest BCUT2D eigenvalue weighted by atomic mass is 10.2. The van der Waals surface area contributed by atoms with Crippen LogP contribution in [0.25, 0.3) is 5.76 Å². The zero-order valence-electron chi connectivity index (χ0n) is 6.67. The van der Waals surface area contributed by atoms with E-state index in [1.54, 1.807) is 12.1 Å². The van der Waals surface area contributed by atoms with Crippen molar-refractivity contribution < 1.29 is 9.84 Å². The SMILES string of the molecule is C=C(OC)c1ccc(Br)cc1O. The van der Waals surface area contributed by atoms with Crippen LogP contribution in [0.3, 0.4) is 0 Å². The molecule has 0 atom stereocenters. The molecule has 0 aliphatic rings. The van der Waals surface area contributed by atoms with Gasteiger partial charge >= 0.3 is 0 Å². The van der Waals surface area contributed by atoms with Gasteiger partial charge in [-0.25, -0.2) is 0 Å². The Bertz CT molecular complexity index is 307. The highest BCUT2D eigenvalue weighted by atomic mass is 79.9. The van der Waals surface area contributed by atoms with Gasteiger partial charge < -0.3 is 9.84 Å². The van der Waals surface area contributed by atoms with E-state index in [1.165, 1.54) is 7.11 Å². The molecule has 1 aromatic carbocycles. The van der Waals surface area contributed by atoms with Gasteiger partial charge in [-0.1, -0.05) is 22.5 Å². The van der Waals surface area contributed by atoms with Gasteiger partial charge in [0.15, 0.2) is 0 Å². The number of methoxy groups -OCH3 is 1. The Morgan fingerprint density at radius 3 is 2.75 bits per heavy atom. The molecule has 64 valence electrons. The fourth-order valence-electron chi connectivity index (χ4n) is 0.851. The molecule has 2 nitrogen and oxygen atoms in total. The van der Waals surface area contributed by atoms with Crippen LogP contribution in [-0.2, 0) is 4.74 Å². The first-order valence-electron chi connectivity index (χ1n) is 3.37. The van der Waals surface area contributed by atoms with Crippen molar-refractivity contribution in [3.63, 3.8) is 0 Å². The predicted molar refractivity (Wildman–Crippen MR) is 51.8 cm³/mol. The maximum atomic E-state index is 9.42. The van der Waals surface area contributed by atoms with Crippen molar-refractivity contribution in [2.75, 3.05) is 7.11 Å². The van der Waals surface area contributed by atoms with Crippen molar-refractivity contribution in [1.82, 2.24) is 0 Å². The monoisotopic (exact) mass is 228 g/mol. The van der Waals surface area contributed by atoms with Gasteiger partial charge in [0.2, 0.25) is 0 Å². The average Bonchev–Trinajstić information content (AvgIpc) is 2.03. The normalized spacial score (nSPS) is 9.50. The molecule has 0 fully saturated rings. The predicted octanol–water partition coefficient (Wildman–Crippen LogP) is 2.77. The van der Waals surface area contributed by atoms with Crippen molar-refractivity contribution in [1.29, 1.82) is 0 Å². The molecule has 1 N–H and O–H groups in total. The summed E-state index contributed by atoms with van der Waals surface area (Å²) < 4.78 is 5.71. The standard InChI is InChI=1S/C9H9BrO2/c1-6(12-2)8-4-3-7(10)5-9(8)11/h3-5,11H,1H2,2H3. The second-order valence-electron chi connectivity index (χ2n) is 2.29. The molecule has 0 bridgehead atoms. The summed E-state index contributed by atoms with van der Waals surface area (Å²) in [5.74, 6) is 0.622. The molecule has 1 aromatic rings. The Balaban J connectivity index is 3.09. The molecule has 0 unspecified atom stereocenters. The van der Waals surface area contributed by atoms with Gasteiger partial charge in [0.05, 0.1) is 12.7 Å². The Labute approximate surface area is 79.6 Å². The van der Waals surface area contributed by atoms with E-state index in [2.05, 4.69) is 22.5 Å². The summed E-state index contributed by atoms with van der Waals surface area (Å²) >= 11 is 3.24. The summed E-state index contributed by atoms with van der Waals surface area (Å²) in [6, 6.07) is 5.16. The zero-order chi connectivity index (χ0) is 9.14. The topological polar surface area (TPSA) is 29.5 Å². The summed E-state index contributed by atoms with van der Waals surface area (Å²) in [5, 5.41) is 9.42. The molecule has 0 aliphatic carbocycles. The molecular formula is C9H9BrO2. The molecule has 0 spiro atoms. The van der Waals surface area contributed by atoms with Crippen LogP contribution >= 0.6 is 15.9 Å². The van der Waals surface area contributed by atoms with Gasteiger partial charge in [-0.3, -0.25) is 0 Å². The van der Waals surface area contributed by atoms with Gasteiger partial charge in [-0.05, 0) is 18.2 Å². The molecule has 0 amide bonds. The van der Waals surface area contributed by atoms with Crippen molar-refractivity contribution in [3.8, 4) is 5.75 Å². The molecule has 12 heavy (non-hydrogen) atoms. The summed E-state index contributed by atoms with van der Waals surface area (Å²) in [5.41, 5.74) is 0.612. The van der Waals surface area contributed by atoms with Gasteiger partial charge in [0, 0.05) is 4.47 Å². The second-order valence-corrected chi connectivity index (χ2v) is 3.20. The van der Waals surface area contributed by atoms with E-state index in [0.717, 1.165) is 4.47 Å². The number of hydrogen-bond donors (Lipinski definition) is 1. The minimum absolute atomic E-state index is 0.163. The van der Waals surface area contributed by atoms with E-state index in [0.29, 0.717) is 11.3 Å². The van der Waals surface area contributed by atoms with Gasteiger partial charge in [-0.15, -0.1) is 0 Å². The number of aromatic hydroxyl groups is 1. The van der Waals surface area contributed by atoms with E-state index in [-0.39, 0.29) is 5.75 Å². The summed E-state index contributed by atoms with van der Waals surface area (Å²) in [6.45, 7) is 3.64. The average molecular weight is 229 g/mol. The molecule has 0 saturated heterocycles. The van der Waals surface area contributed by atoms with Crippen LogP contribution in [0.2, 0.25) is 0 Å². The number of benzene rings is 1.